The molecule has 0 saturated heterocycles. The molecule has 3 nitrogen and oxygen atoms in total. The van der Waals surface area contributed by atoms with Gasteiger partial charge in [0.25, 0.3) is 0 Å². The maximum atomic E-state index is 14.8. The SMILES string of the molecule is Cc1ccccc1-c1ccc2c(c1)c1cc(-c3ccccc3C)ccc1n2-c1c(-c2cccc(C(F)(F)F)c2)cc(-c2cc(-c3ccccc3)nc(-c3ccccc3)n2)cc1-c1cccc(C(F)(F)F)c1. The summed E-state index contributed by atoms with van der Waals surface area (Å²) in [5.41, 5.74) is 10.2. The van der Waals surface area contributed by atoms with Crippen molar-refractivity contribution in [2.24, 2.45) is 0 Å². The van der Waals surface area contributed by atoms with Gasteiger partial charge in [-0.25, -0.2) is 9.97 Å². The fourth-order valence-electron chi connectivity index (χ4n) is 9.65. The highest BCUT2D eigenvalue weighted by Gasteiger charge is 2.33. The Balaban J connectivity index is 1.29. The molecule has 0 aliphatic rings. The largest absolute Gasteiger partial charge is 0.416 e. The third-order valence-electron chi connectivity index (χ3n) is 13.1. The highest BCUT2D eigenvalue weighted by Crippen LogP contribution is 2.47. The van der Waals surface area contributed by atoms with Crippen molar-refractivity contribution >= 4 is 21.8 Å². The average Bonchev–Trinajstić information content (AvgIpc) is 3.71. The Kier molecular flexibility index (Phi) is 11.2. The van der Waals surface area contributed by atoms with Gasteiger partial charge in [0, 0.05) is 38.6 Å². The molecule has 9 aromatic carbocycles. The molecule has 0 spiro atoms. The van der Waals surface area contributed by atoms with E-state index >= 15 is 0 Å². The van der Waals surface area contributed by atoms with Crippen LogP contribution in [0.15, 0.2) is 212 Å². The first kappa shape index (κ1) is 44.9. The first-order valence-electron chi connectivity index (χ1n) is 23.0. The monoisotopic (exact) mass is 941 g/mol. The van der Waals surface area contributed by atoms with E-state index in [9.17, 15) is 26.3 Å². The van der Waals surface area contributed by atoms with Crippen LogP contribution >= 0.6 is 0 Å². The summed E-state index contributed by atoms with van der Waals surface area (Å²) < 4.78 is 90.9. The van der Waals surface area contributed by atoms with Crippen LogP contribution in [0.2, 0.25) is 0 Å². The number of benzene rings is 9. The summed E-state index contributed by atoms with van der Waals surface area (Å²) in [6.07, 6.45) is -9.41. The minimum absolute atomic E-state index is 0.202. The molecule has 0 fully saturated rings. The first-order valence-corrected chi connectivity index (χ1v) is 23.0. The summed E-state index contributed by atoms with van der Waals surface area (Å²) in [7, 11) is 0. The highest BCUT2D eigenvalue weighted by atomic mass is 19.4. The molecular formula is C62H41F6N3. The summed E-state index contributed by atoms with van der Waals surface area (Å²) in [5.74, 6) is 0.392. The molecule has 2 aromatic heterocycles. The van der Waals surface area contributed by atoms with Gasteiger partial charge in [-0.15, -0.1) is 0 Å². The Morgan fingerprint density at radius 2 is 0.746 bits per heavy atom. The van der Waals surface area contributed by atoms with Crippen LogP contribution in [0, 0.1) is 13.8 Å². The molecule has 0 bridgehead atoms. The second kappa shape index (κ2) is 17.8. The minimum atomic E-state index is -4.70. The Morgan fingerprint density at radius 3 is 1.21 bits per heavy atom. The van der Waals surface area contributed by atoms with Gasteiger partial charge < -0.3 is 4.57 Å². The lowest BCUT2D eigenvalue weighted by Gasteiger charge is -2.22. The van der Waals surface area contributed by atoms with E-state index in [0.29, 0.717) is 50.6 Å². The molecule has 71 heavy (non-hydrogen) atoms. The quantitative estimate of drug-likeness (QED) is 0.142. The molecule has 0 atom stereocenters. The normalized spacial score (nSPS) is 11.9. The van der Waals surface area contributed by atoms with E-state index in [1.807, 2.05) is 146 Å². The zero-order valence-electron chi connectivity index (χ0n) is 38.3. The predicted molar refractivity (Wildman–Crippen MR) is 274 cm³/mol. The van der Waals surface area contributed by atoms with Crippen LogP contribution in [0.1, 0.15) is 22.3 Å². The van der Waals surface area contributed by atoms with Crippen LogP contribution in [0.3, 0.4) is 0 Å². The van der Waals surface area contributed by atoms with Gasteiger partial charge in [0.2, 0.25) is 0 Å². The molecule has 0 unspecified atom stereocenters. The number of halogens is 6. The summed E-state index contributed by atoms with van der Waals surface area (Å²) in [6, 6.07) is 62.9. The number of aryl methyl sites for hydroxylation is 2. The zero-order valence-corrected chi connectivity index (χ0v) is 38.3. The summed E-state index contributed by atoms with van der Waals surface area (Å²) in [5, 5.41) is 1.70. The molecule has 0 saturated carbocycles. The molecule has 11 rings (SSSR count). The summed E-state index contributed by atoms with van der Waals surface area (Å²) in [6.45, 7) is 4.10. The van der Waals surface area contributed by atoms with Crippen molar-refractivity contribution in [1.82, 2.24) is 14.5 Å². The number of nitrogens with zero attached hydrogens (tertiary/aromatic N) is 3. The molecule has 0 aliphatic carbocycles. The maximum absolute atomic E-state index is 14.8. The number of alkyl halides is 6. The molecule has 9 heteroatoms. The lowest BCUT2D eigenvalue weighted by Crippen LogP contribution is -2.07. The summed E-state index contributed by atoms with van der Waals surface area (Å²) in [4.78, 5) is 10.1. The molecule has 0 radical (unpaired) electrons. The first-order chi connectivity index (χ1) is 34.3. The van der Waals surface area contributed by atoms with E-state index < -0.39 is 23.5 Å². The molecule has 0 N–H and O–H groups in total. The van der Waals surface area contributed by atoms with E-state index in [2.05, 4.69) is 24.3 Å². The van der Waals surface area contributed by atoms with Crippen molar-refractivity contribution in [3.8, 4) is 84.1 Å². The van der Waals surface area contributed by atoms with Crippen molar-refractivity contribution in [3.05, 3.63) is 235 Å². The van der Waals surface area contributed by atoms with Gasteiger partial charge in [-0.2, -0.15) is 26.3 Å². The molecule has 346 valence electrons. The van der Waals surface area contributed by atoms with E-state index in [1.54, 1.807) is 24.3 Å². The fourth-order valence-corrected chi connectivity index (χ4v) is 9.65. The Hall–Kier alpha value is -8.56. The third kappa shape index (κ3) is 8.54. The number of hydrogen-bond acceptors (Lipinski definition) is 2. The smallest absolute Gasteiger partial charge is 0.308 e. The Morgan fingerprint density at radius 1 is 0.338 bits per heavy atom. The van der Waals surface area contributed by atoms with Crippen molar-refractivity contribution in [3.63, 3.8) is 0 Å². The van der Waals surface area contributed by atoms with Gasteiger partial charge in [0.05, 0.1) is 39.2 Å². The van der Waals surface area contributed by atoms with Gasteiger partial charge in [-0.3, -0.25) is 0 Å². The van der Waals surface area contributed by atoms with Crippen molar-refractivity contribution < 1.29 is 26.3 Å². The van der Waals surface area contributed by atoms with Crippen LogP contribution in [-0.2, 0) is 12.4 Å². The third-order valence-corrected chi connectivity index (χ3v) is 13.1. The molecular weight excluding hydrogens is 901 g/mol. The van der Waals surface area contributed by atoms with Crippen LogP contribution in [0.4, 0.5) is 26.3 Å². The lowest BCUT2D eigenvalue weighted by molar-refractivity contribution is -0.138. The number of rotatable bonds is 8. The molecule has 0 aliphatic heterocycles. The maximum Gasteiger partial charge on any atom is 0.416 e. The van der Waals surface area contributed by atoms with Crippen LogP contribution in [-0.4, -0.2) is 14.5 Å². The van der Waals surface area contributed by atoms with Crippen molar-refractivity contribution in [2.45, 2.75) is 26.2 Å². The Labute approximate surface area is 406 Å². The topological polar surface area (TPSA) is 30.7 Å². The van der Waals surface area contributed by atoms with E-state index in [1.165, 1.54) is 12.1 Å². The van der Waals surface area contributed by atoms with E-state index in [-0.39, 0.29) is 11.1 Å². The number of aromatic nitrogens is 3. The lowest BCUT2D eigenvalue weighted by atomic mass is 9.90. The molecule has 0 amide bonds. The van der Waals surface area contributed by atoms with Crippen molar-refractivity contribution in [2.75, 3.05) is 0 Å². The second-order valence-corrected chi connectivity index (χ2v) is 17.7. The number of hydrogen-bond donors (Lipinski definition) is 0. The van der Waals surface area contributed by atoms with E-state index in [0.717, 1.165) is 79.5 Å². The van der Waals surface area contributed by atoms with Crippen LogP contribution in [0.25, 0.3) is 106 Å². The van der Waals surface area contributed by atoms with Gasteiger partial charge in [-0.05, 0) is 125 Å². The Bertz CT molecular complexity index is 3580. The van der Waals surface area contributed by atoms with E-state index in [4.69, 9.17) is 9.97 Å². The van der Waals surface area contributed by atoms with Gasteiger partial charge in [0.15, 0.2) is 5.82 Å². The second-order valence-electron chi connectivity index (χ2n) is 17.7. The standard InChI is InChI=1S/C62H41F6N3/c1-38-15-9-11-25-49(38)44-27-29-57-53(33-44)54-34-45(50-26-12-10-16-39(50)2)28-30-58(54)71(57)59-51(42-21-13-23-47(31-42)61(63,64)65)35-46(36-52(59)43-22-14-24-48(32-43)62(66,67)68)56-37-55(40-17-5-3-6-18-40)69-60(70-56)41-19-7-4-8-20-41/h3-37H,1-2H3. The van der Waals surface area contributed by atoms with Crippen LogP contribution in [0.5, 0.6) is 0 Å². The molecule has 2 heterocycles. The van der Waals surface area contributed by atoms with Gasteiger partial charge >= 0.3 is 12.4 Å². The average molecular weight is 942 g/mol. The zero-order chi connectivity index (χ0) is 49.0. The van der Waals surface area contributed by atoms with Gasteiger partial charge in [-0.1, -0.05) is 146 Å². The highest BCUT2D eigenvalue weighted by molar-refractivity contribution is 6.13. The van der Waals surface area contributed by atoms with Crippen LogP contribution < -0.4 is 0 Å². The predicted octanol–water partition coefficient (Wildman–Crippen LogP) is 17.9. The van der Waals surface area contributed by atoms with Crippen molar-refractivity contribution in [1.29, 1.82) is 0 Å². The molecule has 11 aromatic rings. The minimum Gasteiger partial charge on any atom is -0.308 e. The number of fused-ring (bicyclic) bond motifs is 3. The summed E-state index contributed by atoms with van der Waals surface area (Å²) >= 11 is 0. The fraction of sp³-hybridized carbons (Fsp3) is 0.0645. The van der Waals surface area contributed by atoms with Gasteiger partial charge in [0.1, 0.15) is 0 Å².